The van der Waals surface area contributed by atoms with Crippen LogP contribution in [-0.4, -0.2) is 34.7 Å². The first-order valence-electron chi connectivity index (χ1n) is 6.08. The molecule has 0 radical (unpaired) electrons. The summed E-state index contributed by atoms with van der Waals surface area (Å²) < 4.78 is 0.952. The molecule has 6 nitrogen and oxygen atoms in total. The molecule has 19 heavy (non-hydrogen) atoms. The molecule has 7 heteroatoms. The van der Waals surface area contributed by atoms with Crippen molar-refractivity contribution in [2.24, 2.45) is 5.92 Å². The van der Waals surface area contributed by atoms with Crippen LogP contribution in [0, 0.1) is 16.0 Å². The van der Waals surface area contributed by atoms with E-state index in [1.54, 1.807) is 6.07 Å². The van der Waals surface area contributed by atoms with Crippen LogP contribution in [0.3, 0.4) is 0 Å². The molecule has 100 valence electrons. The van der Waals surface area contributed by atoms with Gasteiger partial charge in [-0.3, -0.25) is 10.1 Å². The highest BCUT2D eigenvalue weighted by atomic mass is 32.1. The Morgan fingerprint density at radius 3 is 3.11 bits per heavy atom. The van der Waals surface area contributed by atoms with Crippen molar-refractivity contribution in [2.75, 3.05) is 24.6 Å². The van der Waals surface area contributed by atoms with Crippen LogP contribution in [0.5, 0.6) is 0 Å². The molecular weight excluding hydrogens is 266 g/mol. The number of nitro benzene ring substituents is 1. The maximum absolute atomic E-state index is 10.7. The van der Waals surface area contributed by atoms with E-state index < -0.39 is 4.92 Å². The molecule has 2 heterocycles. The normalized spacial score (nSPS) is 19.2. The average molecular weight is 279 g/mol. The zero-order chi connectivity index (χ0) is 13.4. The molecule has 1 atom stereocenters. The molecule has 0 saturated carbocycles. The number of fused-ring (bicyclic) bond motifs is 1. The number of hydrogen-bond acceptors (Lipinski definition) is 6. The Bertz CT molecular complexity index is 628. The van der Waals surface area contributed by atoms with Crippen LogP contribution in [0.15, 0.2) is 18.2 Å². The second kappa shape index (κ2) is 4.75. The number of aromatic nitrogens is 1. The van der Waals surface area contributed by atoms with Gasteiger partial charge in [-0.25, -0.2) is 4.98 Å². The summed E-state index contributed by atoms with van der Waals surface area (Å²) in [5.41, 5.74) is 0.737. The highest BCUT2D eigenvalue weighted by Crippen LogP contribution is 2.33. The Kier molecular flexibility index (Phi) is 3.08. The molecular formula is C12H13N3O3S. The monoisotopic (exact) mass is 279 g/mol. The standard InChI is InChI=1S/C12H13N3O3S/c16-7-8-3-4-14(6-8)12-13-10-5-9(15(17)18)1-2-11(10)19-12/h1-2,5,8,16H,3-4,6-7H2/t8-/m0/s1. The zero-order valence-electron chi connectivity index (χ0n) is 10.2. The number of hydrogen-bond donors (Lipinski definition) is 1. The summed E-state index contributed by atoms with van der Waals surface area (Å²) in [4.78, 5) is 16.9. The summed E-state index contributed by atoms with van der Waals surface area (Å²) >= 11 is 1.54. The van der Waals surface area contributed by atoms with Gasteiger partial charge in [0.2, 0.25) is 0 Å². The summed E-state index contributed by atoms with van der Waals surface area (Å²) in [6, 6.07) is 4.76. The van der Waals surface area contributed by atoms with Gasteiger partial charge in [0.05, 0.1) is 15.1 Å². The molecule has 0 spiro atoms. The van der Waals surface area contributed by atoms with Gasteiger partial charge in [-0.2, -0.15) is 0 Å². The SMILES string of the molecule is O=[N+]([O-])c1ccc2sc(N3CC[C@H](CO)C3)nc2c1. The average Bonchev–Trinajstić information content (AvgIpc) is 3.03. The smallest absolute Gasteiger partial charge is 0.271 e. The summed E-state index contributed by atoms with van der Waals surface area (Å²) in [7, 11) is 0. The minimum absolute atomic E-state index is 0.0685. The van der Waals surface area contributed by atoms with Crippen molar-refractivity contribution in [3.05, 3.63) is 28.3 Å². The lowest BCUT2D eigenvalue weighted by Gasteiger charge is -2.13. The van der Waals surface area contributed by atoms with E-state index in [1.165, 1.54) is 23.5 Å². The van der Waals surface area contributed by atoms with Crippen LogP contribution < -0.4 is 4.90 Å². The number of anilines is 1. The zero-order valence-corrected chi connectivity index (χ0v) is 11.0. The van der Waals surface area contributed by atoms with Crippen molar-refractivity contribution in [3.63, 3.8) is 0 Å². The van der Waals surface area contributed by atoms with Crippen molar-refractivity contribution in [3.8, 4) is 0 Å². The molecule has 2 aromatic rings. The summed E-state index contributed by atoms with van der Waals surface area (Å²) in [6.07, 6.45) is 0.965. The predicted octanol–water partition coefficient (Wildman–Crippen LogP) is 2.02. The van der Waals surface area contributed by atoms with E-state index in [4.69, 9.17) is 5.11 Å². The molecule has 1 aromatic carbocycles. The lowest BCUT2D eigenvalue weighted by atomic mass is 10.1. The van der Waals surface area contributed by atoms with E-state index in [2.05, 4.69) is 9.88 Å². The van der Waals surface area contributed by atoms with Crippen LogP contribution in [0.4, 0.5) is 10.8 Å². The molecule has 1 aliphatic heterocycles. The fraction of sp³-hybridized carbons (Fsp3) is 0.417. The number of nitrogens with zero attached hydrogens (tertiary/aromatic N) is 3. The number of nitro groups is 1. The van der Waals surface area contributed by atoms with Crippen molar-refractivity contribution < 1.29 is 10.0 Å². The lowest BCUT2D eigenvalue weighted by Crippen LogP contribution is -2.20. The molecule has 0 amide bonds. The van der Waals surface area contributed by atoms with Crippen molar-refractivity contribution >= 4 is 32.4 Å². The number of aliphatic hydroxyl groups excluding tert-OH is 1. The fourth-order valence-corrected chi connectivity index (χ4v) is 3.29. The molecule has 0 bridgehead atoms. The third-order valence-corrected chi connectivity index (χ3v) is 4.48. The van der Waals surface area contributed by atoms with Crippen LogP contribution in [0.2, 0.25) is 0 Å². The van der Waals surface area contributed by atoms with Gasteiger partial charge in [0.25, 0.3) is 5.69 Å². The van der Waals surface area contributed by atoms with Gasteiger partial charge < -0.3 is 10.0 Å². The van der Waals surface area contributed by atoms with Crippen LogP contribution in [-0.2, 0) is 0 Å². The third-order valence-electron chi connectivity index (χ3n) is 3.39. The van der Waals surface area contributed by atoms with Gasteiger partial charge in [-0.05, 0) is 12.5 Å². The minimum Gasteiger partial charge on any atom is -0.396 e. The fourth-order valence-electron chi connectivity index (χ4n) is 2.31. The van der Waals surface area contributed by atoms with E-state index in [9.17, 15) is 10.1 Å². The number of aliphatic hydroxyl groups is 1. The van der Waals surface area contributed by atoms with Crippen LogP contribution in [0.25, 0.3) is 10.2 Å². The van der Waals surface area contributed by atoms with Gasteiger partial charge in [0.1, 0.15) is 0 Å². The molecule has 0 unspecified atom stereocenters. The van der Waals surface area contributed by atoms with Crippen LogP contribution in [0.1, 0.15) is 6.42 Å². The molecule has 0 aliphatic carbocycles. The van der Waals surface area contributed by atoms with Crippen molar-refractivity contribution in [1.82, 2.24) is 4.98 Å². The number of benzene rings is 1. The Labute approximate surface area is 113 Å². The molecule has 1 saturated heterocycles. The highest BCUT2D eigenvalue weighted by Gasteiger charge is 2.24. The Morgan fingerprint density at radius 2 is 2.42 bits per heavy atom. The van der Waals surface area contributed by atoms with Gasteiger partial charge in [-0.15, -0.1) is 0 Å². The first-order chi connectivity index (χ1) is 9.17. The second-order valence-electron chi connectivity index (χ2n) is 4.69. The van der Waals surface area contributed by atoms with Gasteiger partial charge >= 0.3 is 0 Å². The second-order valence-corrected chi connectivity index (χ2v) is 5.70. The van der Waals surface area contributed by atoms with E-state index in [0.29, 0.717) is 11.4 Å². The molecule has 3 rings (SSSR count). The number of non-ortho nitro benzene ring substituents is 1. The molecule has 1 aliphatic rings. The van der Waals surface area contributed by atoms with Crippen molar-refractivity contribution in [1.29, 1.82) is 0 Å². The van der Waals surface area contributed by atoms with Crippen LogP contribution >= 0.6 is 11.3 Å². The first-order valence-corrected chi connectivity index (χ1v) is 6.90. The topological polar surface area (TPSA) is 79.5 Å². The first kappa shape index (κ1) is 12.3. The minimum atomic E-state index is -0.407. The Balaban J connectivity index is 1.91. The van der Waals surface area contributed by atoms with E-state index in [-0.39, 0.29) is 12.3 Å². The van der Waals surface area contributed by atoms with Gasteiger partial charge in [0, 0.05) is 37.7 Å². The Hall–Kier alpha value is -1.73. The molecule has 1 aromatic heterocycles. The van der Waals surface area contributed by atoms with E-state index in [0.717, 1.165) is 29.3 Å². The Morgan fingerprint density at radius 1 is 1.58 bits per heavy atom. The molecule has 1 N–H and O–H groups in total. The highest BCUT2D eigenvalue weighted by molar-refractivity contribution is 7.22. The van der Waals surface area contributed by atoms with E-state index >= 15 is 0 Å². The number of thiazole rings is 1. The van der Waals surface area contributed by atoms with E-state index in [1.807, 2.05) is 0 Å². The lowest BCUT2D eigenvalue weighted by molar-refractivity contribution is -0.384. The largest absolute Gasteiger partial charge is 0.396 e. The van der Waals surface area contributed by atoms with Crippen molar-refractivity contribution in [2.45, 2.75) is 6.42 Å². The van der Waals surface area contributed by atoms with Gasteiger partial charge in [0.15, 0.2) is 5.13 Å². The third kappa shape index (κ3) is 2.26. The quantitative estimate of drug-likeness (QED) is 0.687. The summed E-state index contributed by atoms with van der Waals surface area (Å²) in [6.45, 7) is 1.89. The summed E-state index contributed by atoms with van der Waals surface area (Å²) in [5.74, 6) is 0.307. The summed E-state index contributed by atoms with van der Waals surface area (Å²) in [5, 5.41) is 20.8. The predicted molar refractivity (Wildman–Crippen MR) is 73.7 cm³/mol. The maximum Gasteiger partial charge on any atom is 0.271 e. The maximum atomic E-state index is 10.7. The number of rotatable bonds is 3. The molecule has 1 fully saturated rings. The van der Waals surface area contributed by atoms with Gasteiger partial charge in [-0.1, -0.05) is 11.3 Å².